The highest BCUT2D eigenvalue weighted by Crippen LogP contribution is 2.22. The number of rotatable bonds is 6. The van der Waals surface area contributed by atoms with Crippen LogP contribution in [0.15, 0.2) is 60.9 Å². The van der Waals surface area contributed by atoms with Gasteiger partial charge in [0.1, 0.15) is 0 Å². The molecule has 136 valence electrons. The molecule has 0 aliphatic rings. The van der Waals surface area contributed by atoms with Crippen molar-refractivity contribution >= 4 is 17.2 Å². The van der Waals surface area contributed by atoms with Gasteiger partial charge in [-0.2, -0.15) is 0 Å². The summed E-state index contributed by atoms with van der Waals surface area (Å²) in [6.45, 7) is 0.507. The van der Waals surface area contributed by atoms with E-state index in [1.165, 1.54) is 0 Å². The number of hydrogen-bond acceptors (Lipinski definition) is 5. The number of fused-ring (bicyclic) bond motifs is 1. The fourth-order valence-electron chi connectivity index (χ4n) is 2.75. The first-order valence-corrected chi connectivity index (χ1v) is 8.83. The van der Waals surface area contributed by atoms with Crippen molar-refractivity contribution in [3.8, 4) is 23.0 Å². The van der Waals surface area contributed by atoms with Crippen LogP contribution in [0.2, 0.25) is 5.02 Å². The van der Waals surface area contributed by atoms with E-state index in [9.17, 15) is 0 Å². The van der Waals surface area contributed by atoms with Crippen LogP contribution < -0.4 is 9.47 Å². The summed E-state index contributed by atoms with van der Waals surface area (Å²) in [5.41, 5.74) is 3.59. The molecule has 0 bridgehead atoms. The Morgan fingerprint density at radius 2 is 1.89 bits per heavy atom. The number of imidazole rings is 1. The summed E-state index contributed by atoms with van der Waals surface area (Å²) in [4.78, 5) is 8.63. The monoisotopic (exact) mass is 380 g/mol. The molecule has 0 spiro atoms. The van der Waals surface area contributed by atoms with Gasteiger partial charge in [-0.15, -0.1) is 5.10 Å². The number of halogens is 1. The molecule has 6 nitrogen and oxygen atoms in total. The number of benzene rings is 1. The lowest BCUT2D eigenvalue weighted by molar-refractivity contribution is 0.305. The van der Waals surface area contributed by atoms with Crippen LogP contribution >= 0.6 is 11.6 Å². The predicted octanol–water partition coefficient (Wildman–Crippen LogP) is 4.07. The van der Waals surface area contributed by atoms with Crippen molar-refractivity contribution in [3.05, 3.63) is 71.5 Å². The van der Waals surface area contributed by atoms with E-state index >= 15 is 0 Å². The second-order valence-electron chi connectivity index (χ2n) is 5.90. The third-order valence-electron chi connectivity index (χ3n) is 4.11. The second kappa shape index (κ2) is 7.63. The largest absolute Gasteiger partial charge is 0.481 e. The Balaban J connectivity index is 1.52. The van der Waals surface area contributed by atoms with Gasteiger partial charge in [-0.25, -0.2) is 14.5 Å². The minimum Gasteiger partial charge on any atom is -0.481 e. The van der Waals surface area contributed by atoms with Gasteiger partial charge in [-0.05, 0) is 29.8 Å². The van der Waals surface area contributed by atoms with E-state index in [0.717, 1.165) is 33.9 Å². The molecule has 3 heterocycles. The highest BCUT2D eigenvalue weighted by molar-refractivity contribution is 6.30. The van der Waals surface area contributed by atoms with Gasteiger partial charge in [-0.3, -0.25) is 0 Å². The van der Waals surface area contributed by atoms with Gasteiger partial charge >= 0.3 is 0 Å². The second-order valence-corrected chi connectivity index (χ2v) is 6.34. The molecule has 0 saturated carbocycles. The van der Waals surface area contributed by atoms with Gasteiger partial charge in [0.15, 0.2) is 5.65 Å². The van der Waals surface area contributed by atoms with E-state index in [1.54, 1.807) is 30.1 Å². The SMILES string of the molecule is COc1ccc(-c2cnc3ccc(OCCc4cccc(Cl)c4)nn23)cn1. The molecule has 0 aliphatic carbocycles. The summed E-state index contributed by atoms with van der Waals surface area (Å²) in [7, 11) is 1.59. The fourth-order valence-corrected chi connectivity index (χ4v) is 2.96. The molecule has 4 aromatic rings. The standard InChI is InChI=1S/C20H17ClN4O2/c1-26-19-7-5-15(12-23-19)17-13-22-18-6-8-20(24-25(17)18)27-10-9-14-3-2-4-16(21)11-14/h2-8,11-13H,9-10H2,1H3. The van der Waals surface area contributed by atoms with Crippen LogP contribution in [0.4, 0.5) is 0 Å². The molecular weight excluding hydrogens is 364 g/mol. The Bertz CT molecular complexity index is 1060. The van der Waals surface area contributed by atoms with Crippen molar-refractivity contribution < 1.29 is 9.47 Å². The average molecular weight is 381 g/mol. The number of methoxy groups -OCH3 is 1. The average Bonchev–Trinajstić information content (AvgIpc) is 3.11. The molecule has 3 aromatic heterocycles. The Morgan fingerprint density at radius 3 is 2.67 bits per heavy atom. The van der Waals surface area contributed by atoms with Crippen molar-refractivity contribution in [3.63, 3.8) is 0 Å². The fraction of sp³-hybridized carbons (Fsp3) is 0.150. The summed E-state index contributed by atoms with van der Waals surface area (Å²) in [6, 6.07) is 15.2. The number of pyridine rings is 1. The molecule has 4 rings (SSSR count). The summed E-state index contributed by atoms with van der Waals surface area (Å²) in [5, 5.41) is 5.27. The quantitative estimate of drug-likeness (QED) is 0.504. The van der Waals surface area contributed by atoms with Gasteiger partial charge in [0, 0.05) is 35.3 Å². The molecule has 0 aliphatic heterocycles. The van der Waals surface area contributed by atoms with Gasteiger partial charge in [0.2, 0.25) is 11.8 Å². The van der Waals surface area contributed by atoms with Crippen molar-refractivity contribution in [2.24, 2.45) is 0 Å². The zero-order chi connectivity index (χ0) is 18.6. The normalized spacial score (nSPS) is 10.9. The zero-order valence-electron chi connectivity index (χ0n) is 14.7. The summed E-state index contributed by atoms with van der Waals surface area (Å²) >= 11 is 6.01. The lowest BCUT2D eigenvalue weighted by Gasteiger charge is -2.07. The van der Waals surface area contributed by atoms with Crippen molar-refractivity contribution in [1.29, 1.82) is 0 Å². The van der Waals surface area contributed by atoms with Gasteiger partial charge in [0.25, 0.3) is 0 Å². The molecule has 0 atom stereocenters. The maximum Gasteiger partial charge on any atom is 0.231 e. The first-order chi connectivity index (χ1) is 13.2. The predicted molar refractivity (Wildman–Crippen MR) is 103 cm³/mol. The van der Waals surface area contributed by atoms with Crippen LogP contribution in [0.3, 0.4) is 0 Å². The van der Waals surface area contributed by atoms with Crippen LogP contribution in [0.5, 0.6) is 11.8 Å². The lowest BCUT2D eigenvalue weighted by Crippen LogP contribution is -2.05. The molecule has 0 amide bonds. The Kier molecular flexibility index (Phi) is 4.89. The summed E-state index contributed by atoms with van der Waals surface area (Å²) in [5.74, 6) is 1.09. The highest BCUT2D eigenvalue weighted by Gasteiger charge is 2.09. The van der Waals surface area contributed by atoms with E-state index in [1.807, 2.05) is 42.5 Å². The molecule has 27 heavy (non-hydrogen) atoms. The molecule has 1 aromatic carbocycles. The number of hydrogen-bond donors (Lipinski definition) is 0. The molecule has 0 N–H and O–H groups in total. The number of ether oxygens (including phenoxy) is 2. The molecule has 0 radical (unpaired) electrons. The van der Waals surface area contributed by atoms with Crippen LogP contribution in [-0.4, -0.2) is 33.3 Å². The molecule has 7 heteroatoms. The molecule has 0 unspecified atom stereocenters. The maximum atomic E-state index is 6.01. The first-order valence-electron chi connectivity index (χ1n) is 8.45. The molecular formula is C20H17ClN4O2. The Morgan fingerprint density at radius 1 is 1.00 bits per heavy atom. The van der Waals surface area contributed by atoms with Crippen molar-refractivity contribution in [1.82, 2.24) is 19.6 Å². The van der Waals surface area contributed by atoms with Crippen LogP contribution in [0, 0.1) is 0 Å². The Labute approximate surface area is 161 Å². The van der Waals surface area contributed by atoms with E-state index < -0.39 is 0 Å². The first kappa shape index (κ1) is 17.3. The minimum absolute atomic E-state index is 0.507. The topological polar surface area (TPSA) is 61.5 Å². The van der Waals surface area contributed by atoms with Crippen LogP contribution in [-0.2, 0) is 6.42 Å². The summed E-state index contributed by atoms with van der Waals surface area (Å²) in [6.07, 6.45) is 4.25. The summed E-state index contributed by atoms with van der Waals surface area (Å²) < 4.78 is 12.7. The smallest absolute Gasteiger partial charge is 0.231 e. The zero-order valence-corrected chi connectivity index (χ0v) is 15.4. The van der Waals surface area contributed by atoms with Crippen LogP contribution in [0.1, 0.15) is 5.56 Å². The third-order valence-corrected chi connectivity index (χ3v) is 4.34. The van der Waals surface area contributed by atoms with E-state index in [-0.39, 0.29) is 0 Å². The van der Waals surface area contributed by atoms with Gasteiger partial charge in [-0.1, -0.05) is 23.7 Å². The lowest BCUT2D eigenvalue weighted by atomic mass is 10.2. The van der Waals surface area contributed by atoms with Crippen molar-refractivity contribution in [2.75, 3.05) is 13.7 Å². The van der Waals surface area contributed by atoms with Crippen LogP contribution in [0.25, 0.3) is 16.9 Å². The van der Waals surface area contributed by atoms with Crippen molar-refractivity contribution in [2.45, 2.75) is 6.42 Å². The van der Waals surface area contributed by atoms with Gasteiger partial charge in [0.05, 0.1) is 25.6 Å². The third kappa shape index (κ3) is 3.85. The van der Waals surface area contributed by atoms with E-state index in [4.69, 9.17) is 21.1 Å². The number of aromatic nitrogens is 4. The number of nitrogens with zero attached hydrogens (tertiary/aromatic N) is 4. The Hall–Kier alpha value is -3.12. The van der Waals surface area contributed by atoms with Gasteiger partial charge < -0.3 is 9.47 Å². The molecule has 0 saturated heterocycles. The maximum absolute atomic E-state index is 6.01. The van der Waals surface area contributed by atoms with E-state index in [0.29, 0.717) is 18.4 Å². The van der Waals surface area contributed by atoms with E-state index in [2.05, 4.69) is 15.1 Å². The molecule has 0 fully saturated rings. The minimum atomic E-state index is 0.507. The highest BCUT2D eigenvalue weighted by atomic mass is 35.5.